The Kier molecular flexibility index (Phi) is 5.46. The molecular formula is C15H28O3. The zero-order valence-electron chi connectivity index (χ0n) is 11.8. The van der Waals surface area contributed by atoms with E-state index in [2.05, 4.69) is 13.8 Å². The van der Waals surface area contributed by atoms with Crippen LogP contribution in [-0.4, -0.2) is 37.1 Å². The van der Waals surface area contributed by atoms with Crippen molar-refractivity contribution in [3.8, 4) is 0 Å². The fourth-order valence-electron chi connectivity index (χ4n) is 3.10. The van der Waals surface area contributed by atoms with E-state index in [4.69, 9.17) is 9.47 Å². The first-order valence-corrected chi connectivity index (χ1v) is 7.54. The molecule has 1 N–H and O–H groups in total. The lowest BCUT2D eigenvalue weighted by Crippen LogP contribution is -2.38. The third-order valence-electron chi connectivity index (χ3n) is 4.63. The maximum Gasteiger partial charge on any atom is 0.0836 e. The summed E-state index contributed by atoms with van der Waals surface area (Å²) in [4.78, 5) is 0. The van der Waals surface area contributed by atoms with E-state index in [9.17, 15) is 5.11 Å². The Balaban J connectivity index is 1.75. The van der Waals surface area contributed by atoms with Gasteiger partial charge in [-0.3, -0.25) is 0 Å². The molecule has 0 radical (unpaired) electrons. The molecule has 18 heavy (non-hydrogen) atoms. The molecule has 106 valence electrons. The Bertz CT molecular complexity index is 236. The highest BCUT2D eigenvalue weighted by Crippen LogP contribution is 2.32. The second-order valence-corrected chi connectivity index (χ2v) is 6.31. The molecule has 2 aliphatic rings. The fourth-order valence-corrected chi connectivity index (χ4v) is 3.10. The largest absolute Gasteiger partial charge is 0.390 e. The zero-order chi connectivity index (χ0) is 13.0. The summed E-state index contributed by atoms with van der Waals surface area (Å²) in [5, 5.41) is 10.0. The molecule has 0 aromatic heterocycles. The van der Waals surface area contributed by atoms with Gasteiger partial charge in [0.15, 0.2) is 0 Å². The summed E-state index contributed by atoms with van der Waals surface area (Å²) < 4.78 is 11.4. The van der Waals surface area contributed by atoms with Crippen molar-refractivity contribution in [3.05, 3.63) is 0 Å². The summed E-state index contributed by atoms with van der Waals surface area (Å²) in [5.74, 6) is 2.05. The first-order chi connectivity index (χ1) is 8.66. The standard InChI is InChI=1S/C15H28O3/c1-11(2)13-3-4-14(16)15(9-13)18-10-12-5-7-17-8-6-12/h11-16H,3-10H2,1-2H3. The van der Waals surface area contributed by atoms with Crippen LogP contribution in [-0.2, 0) is 9.47 Å². The Morgan fingerprint density at radius 3 is 2.56 bits per heavy atom. The van der Waals surface area contributed by atoms with Crippen LogP contribution in [0.1, 0.15) is 46.0 Å². The van der Waals surface area contributed by atoms with Crippen molar-refractivity contribution >= 4 is 0 Å². The van der Waals surface area contributed by atoms with Crippen LogP contribution in [0, 0.1) is 17.8 Å². The lowest BCUT2D eigenvalue weighted by Gasteiger charge is -2.36. The van der Waals surface area contributed by atoms with Gasteiger partial charge in [0.1, 0.15) is 0 Å². The molecular weight excluding hydrogens is 228 g/mol. The molecule has 1 saturated carbocycles. The summed E-state index contributed by atoms with van der Waals surface area (Å²) >= 11 is 0. The molecule has 0 bridgehead atoms. The predicted molar refractivity (Wildman–Crippen MR) is 71.5 cm³/mol. The molecule has 1 heterocycles. The summed E-state index contributed by atoms with van der Waals surface area (Å²) in [7, 11) is 0. The smallest absolute Gasteiger partial charge is 0.0836 e. The normalized spacial score (nSPS) is 35.0. The first kappa shape index (κ1) is 14.3. The van der Waals surface area contributed by atoms with E-state index in [1.807, 2.05) is 0 Å². The molecule has 3 atom stereocenters. The van der Waals surface area contributed by atoms with Gasteiger partial charge in [0, 0.05) is 13.2 Å². The minimum absolute atomic E-state index is 0.0639. The third-order valence-corrected chi connectivity index (χ3v) is 4.63. The number of hydrogen-bond acceptors (Lipinski definition) is 3. The summed E-state index contributed by atoms with van der Waals surface area (Å²) in [6.07, 6.45) is 5.11. The van der Waals surface area contributed by atoms with Gasteiger partial charge in [-0.25, -0.2) is 0 Å². The van der Waals surface area contributed by atoms with Gasteiger partial charge in [-0.05, 0) is 49.9 Å². The summed E-state index contributed by atoms with van der Waals surface area (Å²) in [6, 6.07) is 0. The highest BCUT2D eigenvalue weighted by Gasteiger charge is 2.31. The fraction of sp³-hybridized carbons (Fsp3) is 1.00. The van der Waals surface area contributed by atoms with Crippen molar-refractivity contribution in [2.24, 2.45) is 17.8 Å². The molecule has 1 saturated heterocycles. The number of ether oxygens (including phenoxy) is 2. The average Bonchev–Trinajstić information content (AvgIpc) is 2.38. The maximum atomic E-state index is 10.0. The van der Waals surface area contributed by atoms with E-state index >= 15 is 0 Å². The number of rotatable bonds is 4. The third kappa shape index (κ3) is 3.94. The Labute approximate surface area is 111 Å². The lowest BCUT2D eigenvalue weighted by atomic mass is 9.79. The minimum Gasteiger partial charge on any atom is -0.390 e. The van der Waals surface area contributed by atoms with Gasteiger partial charge in [0.2, 0.25) is 0 Å². The Morgan fingerprint density at radius 2 is 1.89 bits per heavy atom. The van der Waals surface area contributed by atoms with Crippen LogP contribution < -0.4 is 0 Å². The minimum atomic E-state index is -0.250. The lowest BCUT2D eigenvalue weighted by molar-refractivity contribution is -0.0932. The highest BCUT2D eigenvalue weighted by atomic mass is 16.5. The van der Waals surface area contributed by atoms with E-state index in [1.165, 1.54) is 0 Å². The van der Waals surface area contributed by atoms with Gasteiger partial charge in [0.25, 0.3) is 0 Å². The summed E-state index contributed by atoms with van der Waals surface area (Å²) in [6.45, 7) is 7.09. The van der Waals surface area contributed by atoms with Gasteiger partial charge in [-0.15, -0.1) is 0 Å². The molecule has 3 unspecified atom stereocenters. The van der Waals surface area contributed by atoms with Crippen molar-refractivity contribution in [2.75, 3.05) is 19.8 Å². The quantitative estimate of drug-likeness (QED) is 0.840. The van der Waals surface area contributed by atoms with E-state index in [-0.39, 0.29) is 12.2 Å². The van der Waals surface area contributed by atoms with E-state index < -0.39 is 0 Å². The van der Waals surface area contributed by atoms with Gasteiger partial charge >= 0.3 is 0 Å². The maximum absolute atomic E-state index is 10.0. The predicted octanol–water partition coefficient (Wildman–Crippen LogP) is 2.62. The van der Waals surface area contributed by atoms with Gasteiger partial charge in [0.05, 0.1) is 18.8 Å². The van der Waals surface area contributed by atoms with Crippen LogP contribution in [0.5, 0.6) is 0 Å². The second kappa shape index (κ2) is 6.88. The van der Waals surface area contributed by atoms with Crippen molar-refractivity contribution in [1.29, 1.82) is 0 Å². The summed E-state index contributed by atoms with van der Waals surface area (Å²) in [5.41, 5.74) is 0. The Hall–Kier alpha value is -0.120. The van der Waals surface area contributed by atoms with E-state index in [1.54, 1.807) is 0 Å². The number of aliphatic hydroxyl groups is 1. The topological polar surface area (TPSA) is 38.7 Å². The SMILES string of the molecule is CC(C)C1CCC(O)C(OCC2CCOCC2)C1. The molecule has 0 spiro atoms. The van der Waals surface area contributed by atoms with Gasteiger partial charge < -0.3 is 14.6 Å². The molecule has 3 nitrogen and oxygen atoms in total. The molecule has 3 heteroatoms. The van der Waals surface area contributed by atoms with Crippen LogP contribution in [0.25, 0.3) is 0 Å². The van der Waals surface area contributed by atoms with Crippen molar-refractivity contribution in [3.63, 3.8) is 0 Å². The van der Waals surface area contributed by atoms with Crippen molar-refractivity contribution in [2.45, 2.75) is 58.2 Å². The van der Waals surface area contributed by atoms with Crippen LogP contribution >= 0.6 is 0 Å². The number of aliphatic hydroxyl groups excluding tert-OH is 1. The monoisotopic (exact) mass is 256 g/mol. The van der Waals surface area contributed by atoms with Crippen LogP contribution in [0.3, 0.4) is 0 Å². The zero-order valence-corrected chi connectivity index (χ0v) is 11.8. The molecule has 0 aromatic rings. The van der Waals surface area contributed by atoms with Crippen LogP contribution in [0.15, 0.2) is 0 Å². The number of hydrogen-bond donors (Lipinski definition) is 1. The van der Waals surface area contributed by atoms with Crippen LogP contribution in [0.2, 0.25) is 0 Å². The highest BCUT2D eigenvalue weighted by molar-refractivity contribution is 4.82. The van der Waals surface area contributed by atoms with E-state index in [0.717, 1.165) is 51.9 Å². The second-order valence-electron chi connectivity index (χ2n) is 6.31. The average molecular weight is 256 g/mol. The van der Waals surface area contributed by atoms with Crippen molar-refractivity contribution in [1.82, 2.24) is 0 Å². The van der Waals surface area contributed by atoms with Gasteiger partial charge in [-0.2, -0.15) is 0 Å². The van der Waals surface area contributed by atoms with E-state index in [0.29, 0.717) is 17.8 Å². The molecule has 0 amide bonds. The molecule has 0 aromatic carbocycles. The van der Waals surface area contributed by atoms with Crippen LogP contribution in [0.4, 0.5) is 0 Å². The van der Waals surface area contributed by atoms with Gasteiger partial charge in [-0.1, -0.05) is 13.8 Å². The molecule has 1 aliphatic carbocycles. The molecule has 2 rings (SSSR count). The molecule has 2 fully saturated rings. The molecule has 1 aliphatic heterocycles. The van der Waals surface area contributed by atoms with Crippen molar-refractivity contribution < 1.29 is 14.6 Å². The first-order valence-electron chi connectivity index (χ1n) is 7.54. The Morgan fingerprint density at radius 1 is 1.17 bits per heavy atom.